The van der Waals surface area contributed by atoms with E-state index >= 15 is 0 Å². The highest BCUT2D eigenvalue weighted by atomic mass is 32.1. The standard InChI is InChI=1S/C17H31N7O7S/c18-4-2-1-3-9(22-14(27)8(19)5-12(20)25)15(28)24-11(7-32)16(29)23-10(17(30)31)6-13(21)26/h8-11,32H,1-7,18-19H2,(H2,20,25)(H2,21,26)(H,22,27)(H,23,29)(H,24,28)(H,30,31). The van der Waals surface area contributed by atoms with Crippen LogP contribution in [-0.4, -0.2) is 77.1 Å². The molecule has 0 radical (unpaired) electrons. The molecule has 32 heavy (non-hydrogen) atoms. The fraction of sp³-hybridized carbons (Fsp3) is 0.647. The molecule has 0 aromatic rings. The molecule has 4 atom stereocenters. The number of thiol groups is 1. The normalized spacial score (nSPS) is 14.3. The van der Waals surface area contributed by atoms with E-state index in [1.807, 2.05) is 0 Å². The molecule has 0 aromatic heterocycles. The first-order valence-electron chi connectivity index (χ1n) is 9.69. The number of carboxylic acid groups (broad SMARTS) is 1. The van der Waals surface area contributed by atoms with E-state index in [1.54, 1.807) is 0 Å². The van der Waals surface area contributed by atoms with E-state index in [0.717, 1.165) is 0 Å². The minimum atomic E-state index is -1.59. The zero-order chi connectivity index (χ0) is 24.8. The summed E-state index contributed by atoms with van der Waals surface area (Å²) in [5.41, 5.74) is 21.0. The fourth-order valence-electron chi connectivity index (χ4n) is 2.49. The Balaban J connectivity index is 5.27. The third-order valence-electron chi connectivity index (χ3n) is 4.17. The molecule has 0 aromatic carbocycles. The first kappa shape index (κ1) is 29.1. The highest BCUT2D eigenvalue weighted by Gasteiger charge is 2.30. The number of nitrogens with two attached hydrogens (primary N) is 4. The van der Waals surface area contributed by atoms with Gasteiger partial charge in [0.25, 0.3) is 0 Å². The van der Waals surface area contributed by atoms with Gasteiger partial charge in [-0.3, -0.25) is 24.0 Å². The van der Waals surface area contributed by atoms with Crippen LogP contribution in [-0.2, 0) is 28.8 Å². The number of carbonyl (C=O) groups excluding carboxylic acids is 5. The van der Waals surface area contributed by atoms with E-state index in [4.69, 9.17) is 28.0 Å². The third-order valence-corrected chi connectivity index (χ3v) is 4.54. The second-order valence-electron chi connectivity index (χ2n) is 6.94. The summed E-state index contributed by atoms with van der Waals surface area (Å²) in [6.07, 6.45) is 0.0809. The monoisotopic (exact) mass is 477 g/mol. The van der Waals surface area contributed by atoms with Gasteiger partial charge in [0.1, 0.15) is 18.1 Å². The smallest absolute Gasteiger partial charge is 0.326 e. The Morgan fingerprint density at radius 2 is 1.28 bits per heavy atom. The van der Waals surface area contributed by atoms with Crippen molar-refractivity contribution in [3.63, 3.8) is 0 Å². The van der Waals surface area contributed by atoms with E-state index in [1.165, 1.54) is 0 Å². The molecule has 0 saturated carbocycles. The Hall–Kier alpha value is -2.91. The molecular formula is C17H31N7O7S. The van der Waals surface area contributed by atoms with Gasteiger partial charge in [0.05, 0.1) is 18.9 Å². The van der Waals surface area contributed by atoms with Crippen molar-refractivity contribution in [3.8, 4) is 0 Å². The number of unbranched alkanes of at least 4 members (excludes halogenated alkanes) is 1. The summed E-state index contributed by atoms with van der Waals surface area (Å²) in [7, 11) is 0. The van der Waals surface area contributed by atoms with Crippen LogP contribution in [0.1, 0.15) is 32.1 Å². The van der Waals surface area contributed by atoms with Gasteiger partial charge < -0.3 is 44.0 Å². The molecule has 0 aliphatic heterocycles. The number of amides is 5. The zero-order valence-electron chi connectivity index (χ0n) is 17.4. The topological polar surface area (TPSA) is 263 Å². The number of primary amides is 2. The predicted octanol–water partition coefficient (Wildman–Crippen LogP) is -4.34. The van der Waals surface area contributed by atoms with Crippen molar-refractivity contribution in [1.82, 2.24) is 16.0 Å². The highest BCUT2D eigenvalue weighted by Crippen LogP contribution is 2.04. The van der Waals surface area contributed by atoms with Crippen LogP contribution in [0.2, 0.25) is 0 Å². The summed E-state index contributed by atoms with van der Waals surface area (Å²) in [5.74, 6) is -5.93. The van der Waals surface area contributed by atoms with Crippen molar-refractivity contribution >= 4 is 48.1 Å². The lowest BCUT2D eigenvalue weighted by atomic mass is 10.1. The Kier molecular flexibility index (Phi) is 13.6. The van der Waals surface area contributed by atoms with E-state index in [2.05, 4.69) is 28.6 Å². The molecule has 0 aliphatic rings. The van der Waals surface area contributed by atoms with Crippen LogP contribution in [0.15, 0.2) is 0 Å². The number of hydrogen-bond donors (Lipinski definition) is 9. The van der Waals surface area contributed by atoms with Gasteiger partial charge in [-0.1, -0.05) is 0 Å². The van der Waals surface area contributed by atoms with E-state index < -0.39 is 72.5 Å². The summed E-state index contributed by atoms with van der Waals surface area (Å²) >= 11 is 3.98. The van der Waals surface area contributed by atoms with Gasteiger partial charge in [-0.05, 0) is 25.8 Å². The van der Waals surface area contributed by atoms with Crippen molar-refractivity contribution in [2.75, 3.05) is 12.3 Å². The molecule has 0 spiro atoms. The molecule has 0 heterocycles. The quantitative estimate of drug-likeness (QED) is 0.0767. The molecule has 4 unspecified atom stereocenters. The third kappa shape index (κ3) is 11.5. The van der Waals surface area contributed by atoms with Crippen LogP contribution < -0.4 is 38.9 Å². The van der Waals surface area contributed by atoms with E-state index in [0.29, 0.717) is 19.4 Å². The van der Waals surface area contributed by atoms with E-state index in [-0.39, 0.29) is 12.2 Å². The maximum atomic E-state index is 12.7. The Bertz CT molecular complexity index is 707. The predicted molar refractivity (Wildman–Crippen MR) is 116 cm³/mol. The van der Waals surface area contributed by atoms with Gasteiger partial charge >= 0.3 is 5.97 Å². The number of hydrogen-bond acceptors (Lipinski definition) is 9. The van der Waals surface area contributed by atoms with Gasteiger partial charge in [-0.2, -0.15) is 12.6 Å². The second kappa shape index (κ2) is 15.0. The molecule has 0 fully saturated rings. The molecular weight excluding hydrogens is 446 g/mol. The van der Waals surface area contributed by atoms with Gasteiger partial charge in [-0.15, -0.1) is 0 Å². The molecule has 15 heteroatoms. The molecule has 5 amide bonds. The number of carboxylic acids is 1. The molecule has 0 bridgehead atoms. The van der Waals surface area contributed by atoms with Crippen molar-refractivity contribution in [1.29, 1.82) is 0 Å². The van der Waals surface area contributed by atoms with Gasteiger partial charge in [-0.25, -0.2) is 4.79 Å². The number of nitrogens with one attached hydrogen (secondary N) is 3. The molecule has 0 saturated heterocycles. The highest BCUT2D eigenvalue weighted by molar-refractivity contribution is 7.80. The lowest BCUT2D eigenvalue weighted by Gasteiger charge is -2.24. The first-order chi connectivity index (χ1) is 14.9. The lowest BCUT2D eigenvalue weighted by molar-refractivity contribution is -0.143. The molecule has 182 valence electrons. The average molecular weight is 478 g/mol. The Labute approximate surface area is 190 Å². The molecule has 0 aliphatic carbocycles. The van der Waals surface area contributed by atoms with E-state index in [9.17, 15) is 28.8 Å². The summed E-state index contributed by atoms with van der Waals surface area (Å²) < 4.78 is 0. The largest absolute Gasteiger partial charge is 0.480 e. The summed E-state index contributed by atoms with van der Waals surface area (Å²) in [5, 5.41) is 16.0. The minimum Gasteiger partial charge on any atom is -0.480 e. The number of rotatable bonds is 16. The fourth-order valence-corrected chi connectivity index (χ4v) is 2.75. The molecule has 0 rings (SSSR count). The van der Waals surface area contributed by atoms with Gasteiger partial charge in [0.2, 0.25) is 29.5 Å². The van der Waals surface area contributed by atoms with Crippen molar-refractivity contribution in [2.24, 2.45) is 22.9 Å². The minimum absolute atomic E-state index is 0.151. The second-order valence-corrected chi connectivity index (χ2v) is 7.30. The summed E-state index contributed by atoms with van der Waals surface area (Å²) in [6.45, 7) is 0.349. The van der Waals surface area contributed by atoms with Crippen LogP contribution in [0.25, 0.3) is 0 Å². The first-order valence-corrected chi connectivity index (χ1v) is 10.3. The van der Waals surface area contributed by atoms with Crippen LogP contribution >= 0.6 is 12.6 Å². The Morgan fingerprint density at radius 3 is 1.75 bits per heavy atom. The maximum absolute atomic E-state index is 12.7. The maximum Gasteiger partial charge on any atom is 0.326 e. The summed E-state index contributed by atoms with van der Waals surface area (Å²) in [4.78, 5) is 70.4. The number of aliphatic carboxylic acids is 1. The van der Waals surface area contributed by atoms with Gasteiger partial charge in [0.15, 0.2) is 0 Å². The van der Waals surface area contributed by atoms with Crippen LogP contribution in [0, 0.1) is 0 Å². The van der Waals surface area contributed by atoms with Crippen molar-refractivity contribution in [2.45, 2.75) is 56.3 Å². The average Bonchev–Trinajstić information content (AvgIpc) is 2.69. The van der Waals surface area contributed by atoms with Crippen LogP contribution in [0.4, 0.5) is 0 Å². The molecule has 12 N–H and O–H groups in total. The zero-order valence-corrected chi connectivity index (χ0v) is 18.3. The van der Waals surface area contributed by atoms with Crippen molar-refractivity contribution in [3.05, 3.63) is 0 Å². The number of carbonyl (C=O) groups is 6. The SMILES string of the molecule is NCCCCC(NC(=O)C(N)CC(N)=O)C(=O)NC(CS)C(=O)NC(CC(N)=O)C(=O)O. The summed E-state index contributed by atoms with van der Waals surface area (Å²) in [6, 6.07) is -5.27. The Morgan fingerprint density at radius 1 is 0.781 bits per heavy atom. The van der Waals surface area contributed by atoms with Crippen molar-refractivity contribution < 1.29 is 33.9 Å². The van der Waals surface area contributed by atoms with Crippen LogP contribution in [0.3, 0.4) is 0 Å². The lowest BCUT2D eigenvalue weighted by Crippen LogP contribution is -2.58. The van der Waals surface area contributed by atoms with Gasteiger partial charge in [0, 0.05) is 5.75 Å². The molecule has 14 nitrogen and oxygen atoms in total. The van der Waals surface area contributed by atoms with Crippen LogP contribution in [0.5, 0.6) is 0 Å².